The van der Waals surface area contributed by atoms with Gasteiger partial charge >= 0.3 is 0 Å². The molecule has 0 aromatic carbocycles. The highest BCUT2D eigenvalue weighted by molar-refractivity contribution is 14.1. The molecule has 0 spiro atoms. The van der Waals surface area contributed by atoms with E-state index in [-0.39, 0.29) is 3.92 Å². The van der Waals surface area contributed by atoms with E-state index in [4.69, 9.17) is 39.5 Å². The molecular weight excluding hydrogens is 349 g/mol. The fraction of sp³-hybridized carbons (Fsp3) is 0.571. The molecule has 0 radical (unpaired) electrons. The van der Waals surface area contributed by atoms with Gasteiger partial charge in [0.2, 0.25) is 5.78 Å². The molecule has 0 aromatic heterocycles. The van der Waals surface area contributed by atoms with Crippen molar-refractivity contribution in [2.75, 3.05) is 7.11 Å². The number of hydrogen-bond acceptors (Lipinski definition) is 2. The molecular formula is C7H8Cl3IO2. The Labute approximate surface area is 106 Å². The summed E-state index contributed by atoms with van der Waals surface area (Å²) in [4.78, 5) is 11.2. The normalized spacial score (nSPS) is 15.4. The molecule has 0 bridgehead atoms. The van der Waals surface area contributed by atoms with Crippen LogP contribution in [0.4, 0.5) is 0 Å². The molecule has 76 valence electrons. The standard InChI is InChI=1S/C7H8Cl3IO2/c1-4(11)5(13-2)3-6(12)7(8,9)10/h3-4H,1-2H3/b5-3+/t4-/m1/s1. The molecule has 0 saturated heterocycles. The number of halogens is 4. The summed E-state index contributed by atoms with van der Waals surface area (Å²) in [5, 5.41) is 0. The van der Waals surface area contributed by atoms with E-state index >= 15 is 0 Å². The van der Waals surface area contributed by atoms with Crippen molar-refractivity contribution in [3.63, 3.8) is 0 Å². The average molecular weight is 357 g/mol. The third-order valence-corrected chi connectivity index (χ3v) is 2.35. The van der Waals surface area contributed by atoms with Crippen LogP contribution in [0.25, 0.3) is 0 Å². The Bertz CT molecular complexity index is 220. The van der Waals surface area contributed by atoms with Gasteiger partial charge in [-0.25, -0.2) is 0 Å². The van der Waals surface area contributed by atoms with Crippen LogP contribution in [-0.2, 0) is 9.53 Å². The van der Waals surface area contributed by atoms with Crippen LogP contribution >= 0.6 is 57.4 Å². The highest BCUT2D eigenvalue weighted by Gasteiger charge is 2.29. The summed E-state index contributed by atoms with van der Waals surface area (Å²) in [6.07, 6.45) is 1.20. The van der Waals surface area contributed by atoms with E-state index in [0.717, 1.165) is 0 Å². The fourth-order valence-electron chi connectivity index (χ4n) is 0.547. The van der Waals surface area contributed by atoms with Gasteiger partial charge in [-0.15, -0.1) is 0 Å². The highest BCUT2D eigenvalue weighted by Crippen LogP contribution is 2.28. The molecule has 0 aliphatic rings. The first-order valence-corrected chi connectivity index (χ1v) is 5.67. The van der Waals surface area contributed by atoms with Crippen LogP contribution in [0.15, 0.2) is 11.8 Å². The second-order valence-electron chi connectivity index (χ2n) is 2.23. The quantitative estimate of drug-likeness (QED) is 0.335. The minimum Gasteiger partial charge on any atom is -0.500 e. The summed E-state index contributed by atoms with van der Waals surface area (Å²) in [5.41, 5.74) is 0. The molecule has 0 aromatic rings. The van der Waals surface area contributed by atoms with Crippen molar-refractivity contribution < 1.29 is 9.53 Å². The topological polar surface area (TPSA) is 26.3 Å². The Morgan fingerprint density at radius 2 is 2.00 bits per heavy atom. The maximum atomic E-state index is 11.2. The van der Waals surface area contributed by atoms with Crippen molar-refractivity contribution in [1.82, 2.24) is 0 Å². The number of ketones is 1. The third kappa shape index (κ3) is 5.30. The van der Waals surface area contributed by atoms with E-state index < -0.39 is 9.58 Å². The molecule has 2 nitrogen and oxygen atoms in total. The van der Waals surface area contributed by atoms with Crippen LogP contribution < -0.4 is 0 Å². The van der Waals surface area contributed by atoms with Crippen molar-refractivity contribution in [2.24, 2.45) is 0 Å². The SMILES string of the molecule is CO/C(=C/C(=O)C(Cl)(Cl)Cl)[C@@H](C)I. The number of rotatable bonds is 3. The number of allylic oxidation sites excluding steroid dienone is 2. The number of methoxy groups -OCH3 is 1. The van der Waals surface area contributed by atoms with Crippen molar-refractivity contribution in [3.8, 4) is 0 Å². The predicted octanol–water partition coefficient (Wildman–Crippen LogP) is 3.28. The van der Waals surface area contributed by atoms with Crippen LogP contribution in [0.1, 0.15) is 6.92 Å². The molecule has 0 heterocycles. The van der Waals surface area contributed by atoms with E-state index in [0.29, 0.717) is 5.76 Å². The zero-order valence-electron chi connectivity index (χ0n) is 6.98. The van der Waals surface area contributed by atoms with Gasteiger partial charge in [0, 0.05) is 6.08 Å². The molecule has 1 atom stereocenters. The first kappa shape index (κ1) is 13.8. The number of carbonyl (C=O) groups is 1. The van der Waals surface area contributed by atoms with Gasteiger partial charge in [0.05, 0.1) is 11.0 Å². The Hall–Kier alpha value is 0.810. The summed E-state index contributed by atoms with van der Waals surface area (Å²) in [6.45, 7) is 1.86. The Balaban J connectivity index is 4.62. The van der Waals surface area contributed by atoms with Gasteiger partial charge in [-0.1, -0.05) is 57.4 Å². The highest BCUT2D eigenvalue weighted by atomic mass is 127. The Morgan fingerprint density at radius 3 is 2.23 bits per heavy atom. The number of hydrogen-bond donors (Lipinski definition) is 0. The molecule has 0 N–H and O–H groups in total. The van der Waals surface area contributed by atoms with Gasteiger partial charge in [-0.2, -0.15) is 0 Å². The molecule has 13 heavy (non-hydrogen) atoms. The van der Waals surface area contributed by atoms with Gasteiger partial charge in [0.15, 0.2) is 0 Å². The van der Waals surface area contributed by atoms with Gasteiger partial charge in [0.1, 0.15) is 5.76 Å². The van der Waals surface area contributed by atoms with E-state index in [1.807, 2.05) is 6.92 Å². The molecule has 0 fully saturated rings. The van der Waals surface area contributed by atoms with Gasteiger partial charge in [0.25, 0.3) is 3.79 Å². The van der Waals surface area contributed by atoms with Crippen LogP contribution in [0, 0.1) is 0 Å². The number of carbonyl (C=O) groups excluding carboxylic acids is 1. The minimum absolute atomic E-state index is 0.0545. The van der Waals surface area contributed by atoms with Crippen LogP contribution in [0.2, 0.25) is 0 Å². The monoisotopic (exact) mass is 356 g/mol. The predicted molar refractivity (Wildman–Crippen MR) is 63.9 cm³/mol. The van der Waals surface area contributed by atoms with Crippen molar-refractivity contribution in [1.29, 1.82) is 0 Å². The Morgan fingerprint density at radius 1 is 1.54 bits per heavy atom. The first-order chi connectivity index (χ1) is 5.79. The van der Waals surface area contributed by atoms with Gasteiger partial charge in [-0.3, -0.25) is 4.79 Å². The molecule has 0 aliphatic heterocycles. The van der Waals surface area contributed by atoms with Crippen molar-refractivity contribution in [2.45, 2.75) is 14.6 Å². The molecule has 0 aliphatic carbocycles. The lowest BCUT2D eigenvalue weighted by Crippen LogP contribution is -2.17. The summed E-state index contributed by atoms with van der Waals surface area (Å²) in [7, 11) is 1.46. The molecule has 0 rings (SSSR count). The van der Waals surface area contributed by atoms with Gasteiger partial charge < -0.3 is 4.74 Å². The fourth-order valence-corrected chi connectivity index (χ4v) is 1.14. The summed E-state index contributed by atoms with van der Waals surface area (Å²) in [6, 6.07) is 0. The number of ether oxygens (including phenoxy) is 1. The van der Waals surface area contributed by atoms with Crippen molar-refractivity contribution >= 4 is 63.2 Å². The summed E-state index contributed by atoms with van der Waals surface area (Å²) < 4.78 is 3.08. The second-order valence-corrected chi connectivity index (χ2v) is 6.38. The lowest BCUT2D eigenvalue weighted by molar-refractivity contribution is -0.114. The molecule has 6 heteroatoms. The smallest absolute Gasteiger partial charge is 0.252 e. The zero-order valence-corrected chi connectivity index (χ0v) is 11.4. The van der Waals surface area contributed by atoms with E-state index in [1.54, 1.807) is 0 Å². The number of alkyl halides is 4. The van der Waals surface area contributed by atoms with Crippen LogP contribution in [0.5, 0.6) is 0 Å². The zero-order chi connectivity index (χ0) is 10.6. The maximum Gasteiger partial charge on any atom is 0.252 e. The lowest BCUT2D eigenvalue weighted by atomic mass is 10.3. The molecule has 0 saturated carbocycles. The average Bonchev–Trinajstić information content (AvgIpc) is 1.96. The van der Waals surface area contributed by atoms with Crippen molar-refractivity contribution in [3.05, 3.63) is 11.8 Å². The lowest BCUT2D eigenvalue weighted by Gasteiger charge is -2.10. The second kappa shape index (κ2) is 5.63. The van der Waals surface area contributed by atoms with E-state index in [2.05, 4.69) is 22.6 Å². The third-order valence-electron chi connectivity index (χ3n) is 1.18. The largest absolute Gasteiger partial charge is 0.500 e. The van der Waals surface area contributed by atoms with E-state index in [1.165, 1.54) is 13.2 Å². The molecule has 0 unspecified atom stereocenters. The minimum atomic E-state index is -1.91. The maximum absolute atomic E-state index is 11.2. The van der Waals surface area contributed by atoms with E-state index in [9.17, 15) is 4.79 Å². The van der Waals surface area contributed by atoms with Crippen LogP contribution in [0.3, 0.4) is 0 Å². The first-order valence-electron chi connectivity index (χ1n) is 3.30. The summed E-state index contributed by atoms with van der Waals surface area (Å²) >= 11 is 18.2. The summed E-state index contributed by atoms with van der Waals surface area (Å²) in [5.74, 6) is -0.116. The van der Waals surface area contributed by atoms with Crippen LogP contribution in [-0.4, -0.2) is 20.6 Å². The molecule has 0 amide bonds. The Kier molecular flexibility index (Phi) is 5.98. The van der Waals surface area contributed by atoms with Gasteiger partial charge in [-0.05, 0) is 6.92 Å².